The van der Waals surface area contributed by atoms with E-state index in [1.807, 2.05) is 0 Å². The molecular formula is C14H16ClN3O3S. The van der Waals surface area contributed by atoms with Gasteiger partial charge in [-0.25, -0.2) is 17.8 Å². The van der Waals surface area contributed by atoms with Gasteiger partial charge < -0.3 is 0 Å². The first-order valence-electron chi connectivity index (χ1n) is 6.60. The van der Waals surface area contributed by atoms with Gasteiger partial charge in [-0.1, -0.05) is 17.7 Å². The van der Waals surface area contributed by atoms with Gasteiger partial charge in [-0.05, 0) is 37.6 Å². The second kappa shape index (κ2) is 6.60. The van der Waals surface area contributed by atoms with Crippen molar-refractivity contribution in [2.75, 3.05) is 6.54 Å². The SMILES string of the molecule is Cc1ccc(=O)n(CCNS(=O)(=O)c2cc(Cl)ccc2C)n1. The Morgan fingerprint density at radius 2 is 1.95 bits per heavy atom. The van der Waals surface area contributed by atoms with E-state index in [1.165, 1.54) is 16.8 Å². The van der Waals surface area contributed by atoms with Gasteiger partial charge in [0, 0.05) is 17.6 Å². The molecular weight excluding hydrogens is 326 g/mol. The number of hydrogen-bond donors (Lipinski definition) is 1. The number of halogens is 1. The second-order valence-electron chi connectivity index (χ2n) is 4.84. The van der Waals surface area contributed by atoms with Crippen LogP contribution in [0.1, 0.15) is 11.3 Å². The molecule has 0 saturated heterocycles. The van der Waals surface area contributed by atoms with Crippen molar-refractivity contribution >= 4 is 21.6 Å². The molecule has 1 N–H and O–H groups in total. The summed E-state index contributed by atoms with van der Waals surface area (Å²) in [5.74, 6) is 0. The minimum Gasteiger partial charge on any atom is -0.268 e. The van der Waals surface area contributed by atoms with Crippen molar-refractivity contribution in [1.29, 1.82) is 0 Å². The molecule has 118 valence electrons. The number of nitrogens with one attached hydrogen (secondary N) is 1. The van der Waals surface area contributed by atoms with E-state index >= 15 is 0 Å². The largest absolute Gasteiger partial charge is 0.268 e. The summed E-state index contributed by atoms with van der Waals surface area (Å²) in [5.41, 5.74) is 1.01. The Labute approximate surface area is 133 Å². The maximum Gasteiger partial charge on any atom is 0.266 e. The van der Waals surface area contributed by atoms with Gasteiger partial charge in [-0.15, -0.1) is 0 Å². The first-order chi connectivity index (χ1) is 10.3. The number of nitrogens with zero attached hydrogens (tertiary/aromatic N) is 2. The third-order valence-corrected chi connectivity index (χ3v) is 4.89. The van der Waals surface area contributed by atoms with E-state index in [9.17, 15) is 13.2 Å². The topological polar surface area (TPSA) is 81.1 Å². The monoisotopic (exact) mass is 341 g/mol. The van der Waals surface area contributed by atoms with Gasteiger partial charge >= 0.3 is 0 Å². The van der Waals surface area contributed by atoms with E-state index < -0.39 is 10.0 Å². The van der Waals surface area contributed by atoms with E-state index in [2.05, 4.69) is 9.82 Å². The Balaban J connectivity index is 2.12. The van der Waals surface area contributed by atoms with Crippen LogP contribution in [0.3, 0.4) is 0 Å². The smallest absolute Gasteiger partial charge is 0.266 e. The van der Waals surface area contributed by atoms with Crippen LogP contribution < -0.4 is 10.3 Å². The van der Waals surface area contributed by atoms with Crippen LogP contribution in [0.5, 0.6) is 0 Å². The van der Waals surface area contributed by atoms with Gasteiger partial charge in [-0.3, -0.25) is 4.79 Å². The normalized spacial score (nSPS) is 11.6. The van der Waals surface area contributed by atoms with Crippen molar-refractivity contribution in [3.63, 3.8) is 0 Å². The molecule has 2 rings (SSSR count). The van der Waals surface area contributed by atoms with Crippen molar-refractivity contribution in [2.45, 2.75) is 25.3 Å². The number of hydrogen-bond acceptors (Lipinski definition) is 4. The second-order valence-corrected chi connectivity index (χ2v) is 7.02. The Morgan fingerprint density at radius 3 is 2.68 bits per heavy atom. The number of benzene rings is 1. The van der Waals surface area contributed by atoms with E-state index in [-0.39, 0.29) is 23.5 Å². The maximum atomic E-state index is 12.3. The molecule has 1 heterocycles. The lowest BCUT2D eigenvalue weighted by Gasteiger charge is -2.10. The van der Waals surface area contributed by atoms with Gasteiger partial charge in [-0.2, -0.15) is 5.10 Å². The van der Waals surface area contributed by atoms with Gasteiger partial charge in [0.2, 0.25) is 10.0 Å². The summed E-state index contributed by atoms with van der Waals surface area (Å²) in [7, 11) is -3.68. The van der Waals surface area contributed by atoms with Crippen LogP contribution >= 0.6 is 11.6 Å². The highest BCUT2D eigenvalue weighted by atomic mass is 35.5. The summed E-state index contributed by atoms with van der Waals surface area (Å²) < 4.78 is 28.2. The van der Waals surface area contributed by atoms with Crippen LogP contribution in [0, 0.1) is 13.8 Å². The first kappa shape index (κ1) is 16.7. The fourth-order valence-corrected chi connectivity index (χ4v) is 3.46. The lowest BCUT2D eigenvalue weighted by Crippen LogP contribution is -2.32. The Morgan fingerprint density at radius 1 is 1.23 bits per heavy atom. The Kier molecular flexibility index (Phi) is 5.00. The molecule has 22 heavy (non-hydrogen) atoms. The Hall–Kier alpha value is -1.70. The van der Waals surface area contributed by atoms with Crippen LogP contribution in [0.15, 0.2) is 40.0 Å². The summed E-state index contributed by atoms with van der Waals surface area (Å²) in [6.45, 7) is 3.66. The highest BCUT2D eigenvalue weighted by Crippen LogP contribution is 2.19. The van der Waals surface area contributed by atoms with Crippen molar-refractivity contribution in [3.8, 4) is 0 Å². The van der Waals surface area contributed by atoms with Gasteiger partial charge in [0.1, 0.15) is 0 Å². The summed E-state index contributed by atoms with van der Waals surface area (Å²) in [6.07, 6.45) is 0. The fourth-order valence-electron chi connectivity index (χ4n) is 1.94. The van der Waals surface area contributed by atoms with Crippen LogP contribution in [0.2, 0.25) is 5.02 Å². The third-order valence-electron chi connectivity index (χ3n) is 3.06. The molecule has 8 heteroatoms. The van der Waals surface area contributed by atoms with E-state index in [0.717, 1.165) is 0 Å². The minimum atomic E-state index is -3.68. The molecule has 0 unspecified atom stereocenters. The maximum absolute atomic E-state index is 12.3. The molecule has 0 spiro atoms. The molecule has 0 aliphatic rings. The van der Waals surface area contributed by atoms with Crippen LogP contribution in [0.25, 0.3) is 0 Å². The van der Waals surface area contributed by atoms with Crippen LogP contribution in [-0.2, 0) is 16.6 Å². The summed E-state index contributed by atoms with van der Waals surface area (Å²) in [4.78, 5) is 11.7. The summed E-state index contributed by atoms with van der Waals surface area (Å²) >= 11 is 5.84. The molecule has 0 aliphatic carbocycles. The van der Waals surface area contributed by atoms with Gasteiger partial charge in [0.15, 0.2) is 0 Å². The Bertz CT molecular complexity index is 847. The standard InChI is InChI=1S/C14H16ClN3O3S/c1-10-3-5-12(15)9-13(10)22(20,21)16-7-8-18-14(19)6-4-11(2)17-18/h3-6,9,16H,7-8H2,1-2H3. The van der Waals surface area contributed by atoms with Crippen LogP contribution in [-0.4, -0.2) is 24.7 Å². The molecule has 6 nitrogen and oxygen atoms in total. The van der Waals surface area contributed by atoms with Crippen molar-refractivity contribution in [1.82, 2.24) is 14.5 Å². The molecule has 1 aromatic heterocycles. The molecule has 0 bridgehead atoms. The first-order valence-corrected chi connectivity index (χ1v) is 8.46. The number of sulfonamides is 1. The molecule has 0 fully saturated rings. The highest BCUT2D eigenvalue weighted by Gasteiger charge is 2.16. The van der Waals surface area contributed by atoms with Crippen molar-refractivity contribution in [2.24, 2.45) is 0 Å². The minimum absolute atomic E-state index is 0.0602. The molecule has 1 aromatic carbocycles. The van der Waals surface area contributed by atoms with E-state index in [4.69, 9.17) is 11.6 Å². The lowest BCUT2D eigenvalue weighted by atomic mass is 10.2. The number of rotatable bonds is 5. The molecule has 0 amide bonds. The van der Waals surface area contributed by atoms with Gasteiger partial charge in [0.25, 0.3) is 5.56 Å². The molecule has 0 aliphatic heterocycles. The fraction of sp³-hybridized carbons (Fsp3) is 0.286. The number of aryl methyl sites for hydroxylation is 2. The predicted molar refractivity (Wildman–Crippen MR) is 84.6 cm³/mol. The third kappa shape index (κ3) is 3.94. The zero-order valence-corrected chi connectivity index (χ0v) is 13.8. The molecule has 0 radical (unpaired) electrons. The van der Waals surface area contributed by atoms with E-state index in [0.29, 0.717) is 16.3 Å². The summed E-state index contributed by atoms with van der Waals surface area (Å²) in [6, 6.07) is 7.68. The highest BCUT2D eigenvalue weighted by molar-refractivity contribution is 7.89. The van der Waals surface area contributed by atoms with Crippen LogP contribution in [0.4, 0.5) is 0 Å². The van der Waals surface area contributed by atoms with Crippen molar-refractivity contribution < 1.29 is 8.42 Å². The molecule has 0 saturated carbocycles. The lowest BCUT2D eigenvalue weighted by molar-refractivity contribution is 0.543. The average molecular weight is 342 g/mol. The predicted octanol–water partition coefficient (Wildman–Crippen LogP) is 1.49. The quantitative estimate of drug-likeness (QED) is 0.893. The number of aromatic nitrogens is 2. The molecule has 0 atom stereocenters. The van der Waals surface area contributed by atoms with E-state index in [1.54, 1.807) is 32.0 Å². The average Bonchev–Trinajstić information content (AvgIpc) is 2.45. The summed E-state index contributed by atoms with van der Waals surface area (Å²) in [5, 5.41) is 4.39. The zero-order chi connectivity index (χ0) is 16.3. The van der Waals surface area contributed by atoms with Gasteiger partial charge in [0.05, 0.1) is 17.1 Å². The van der Waals surface area contributed by atoms with Crippen molar-refractivity contribution in [3.05, 3.63) is 57.0 Å². The molecule has 2 aromatic rings. The zero-order valence-electron chi connectivity index (χ0n) is 12.2.